The molecule has 7 heteroatoms. The molecule has 0 bridgehead atoms. The summed E-state index contributed by atoms with van der Waals surface area (Å²) in [4.78, 5) is 20.9. The first-order valence-corrected chi connectivity index (χ1v) is 8.53. The maximum Gasteiger partial charge on any atom is 0.222 e. The molecule has 6 nitrogen and oxygen atoms in total. The second-order valence-electron chi connectivity index (χ2n) is 5.89. The minimum absolute atomic E-state index is 0.315. The maximum atomic E-state index is 12.3. The lowest BCUT2D eigenvalue weighted by Gasteiger charge is -2.34. The van der Waals surface area contributed by atoms with Gasteiger partial charge in [0, 0.05) is 44.1 Å². The van der Waals surface area contributed by atoms with Crippen molar-refractivity contribution in [3.8, 4) is 0 Å². The summed E-state index contributed by atoms with van der Waals surface area (Å²) < 4.78 is 4.22. The van der Waals surface area contributed by atoms with Gasteiger partial charge in [-0.3, -0.25) is 4.79 Å². The Hall–Kier alpha value is -1.21. The van der Waals surface area contributed by atoms with Crippen LogP contribution in [-0.2, 0) is 4.79 Å². The highest BCUT2D eigenvalue weighted by Gasteiger charge is 2.24. The van der Waals surface area contributed by atoms with Gasteiger partial charge in [-0.2, -0.15) is 4.37 Å². The number of nitrogens with zero attached hydrogens (tertiary/aromatic N) is 4. The molecule has 0 radical (unpaired) electrons. The quantitative estimate of drug-likeness (QED) is 0.895. The second-order valence-corrected chi connectivity index (χ2v) is 6.62. The highest BCUT2D eigenvalue weighted by atomic mass is 32.1. The second kappa shape index (κ2) is 6.70. The first kappa shape index (κ1) is 14.7. The zero-order chi connectivity index (χ0) is 14.7. The predicted octanol–water partition coefficient (Wildman–Crippen LogP) is 0.885. The molecular weight excluding hydrogens is 286 g/mol. The number of piperazine rings is 1. The number of nitrogens with one attached hydrogen (secondary N) is 1. The predicted molar refractivity (Wildman–Crippen MR) is 83.6 cm³/mol. The van der Waals surface area contributed by atoms with Gasteiger partial charge in [-0.1, -0.05) is 0 Å². The van der Waals surface area contributed by atoms with E-state index >= 15 is 0 Å². The number of anilines is 1. The highest BCUT2D eigenvalue weighted by molar-refractivity contribution is 7.09. The van der Waals surface area contributed by atoms with Crippen LogP contribution in [0.1, 0.15) is 25.1 Å². The van der Waals surface area contributed by atoms with E-state index in [1.807, 2.05) is 11.8 Å². The molecule has 2 saturated heterocycles. The normalized spacial score (nSPS) is 22.8. The number of hydrogen-bond acceptors (Lipinski definition) is 6. The van der Waals surface area contributed by atoms with Crippen molar-refractivity contribution in [1.82, 2.24) is 19.6 Å². The summed E-state index contributed by atoms with van der Waals surface area (Å²) in [5.41, 5.74) is 0. The number of amides is 1. The molecular formula is C14H23N5OS. The SMILES string of the molecule is Cc1nsc(N2CCN(C(=O)CCC3CCNC3)CC2)n1. The summed E-state index contributed by atoms with van der Waals surface area (Å²) in [6.07, 6.45) is 2.95. The topological polar surface area (TPSA) is 61.4 Å². The van der Waals surface area contributed by atoms with Gasteiger partial charge in [0.15, 0.2) is 0 Å². The third kappa shape index (κ3) is 3.71. The molecule has 0 spiro atoms. The Balaban J connectivity index is 1.43. The van der Waals surface area contributed by atoms with Crippen molar-refractivity contribution in [2.45, 2.75) is 26.2 Å². The Morgan fingerprint density at radius 1 is 1.38 bits per heavy atom. The number of carbonyl (C=O) groups excluding carboxylic acids is 1. The summed E-state index contributed by atoms with van der Waals surface area (Å²) >= 11 is 1.45. The molecule has 3 rings (SSSR count). The van der Waals surface area contributed by atoms with Crippen molar-refractivity contribution < 1.29 is 4.79 Å². The lowest BCUT2D eigenvalue weighted by Crippen LogP contribution is -2.48. The first-order chi connectivity index (χ1) is 10.2. The molecule has 2 aliphatic rings. The molecule has 116 valence electrons. The molecule has 0 aliphatic carbocycles. The summed E-state index contributed by atoms with van der Waals surface area (Å²) in [7, 11) is 0. The maximum absolute atomic E-state index is 12.3. The van der Waals surface area contributed by atoms with Crippen molar-refractivity contribution in [3.63, 3.8) is 0 Å². The van der Waals surface area contributed by atoms with Gasteiger partial charge in [-0.05, 0) is 38.8 Å². The number of aryl methyl sites for hydroxylation is 1. The summed E-state index contributed by atoms with van der Waals surface area (Å²) in [5.74, 6) is 1.84. The van der Waals surface area contributed by atoms with Crippen LogP contribution < -0.4 is 10.2 Å². The smallest absolute Gasteiger partial charge is 0.222 e. The summed E-state index contributed by atoms with van der Waals surface area (Å²) in [5, 5.41) is 4.34. The molecule has 0 aromatic carbocycles. The molecule has 1 N–H and O–H groups in total. The zero-order valence-corrected chi connectivity index (χ0v) is 13.4. The fraction of sp³-hybridized carbons (Fsp3) is 0.786. The minimum Gasteiger partial charge on any atom is -0.343 e. The van der Waals surface area contributed by atoms with Crippen LogP contribution in [0.5, 0.6) is 0 Å². The summed E-state index contributed by atoms with van der Waals surface area (Å²) in [6, 6.07) is 0. The Bertz CT molecular complexity index is 477. The molecule has 2 aliphatic heterocycles. The number of aromatic nitrogens is 2. The number of carbonyl (C=O) groups is 1. The van der Waals surface area contributed by atoms with E-state index in [-0.39, 0.29) is 0 Å². The van der Waals surface area contributed by atoms with Gasteiger partial charge in [-0.15, -0.1) is 0 Å². The molecule has 21 heavy (non-hydrogen) atoms. The molecule has 1 aromatic heterocycles. The van der Waals surface area contributed by atoms with Gasteiger partial charge in [-0.25, -0.2) is 4.98 Å². The van der Waals surface area contributed by atoms with Gasteiger partial charge in [0.2, 0.25) is 11.0 Å². The van der Waals surface area contributed by atoms with Crippen molar-refractivity contribution in [2.75, 3.05) is 44.2 Å². The molecule has 1 unspecified atom stereocenters. The van der Waals surface area contributed by atoms with Gasteiger partial charge in [0.05, 0.1) is 0 Å². The van der Waals surface area contributed by atoms with Crippen LogP contribution in [0.2, 0.25) is 0 Å². The van der Waals surface area contributed by atoms with Gasteiger partial charge >= 0.3 is 0 Å². The van der Waals surface area contributed by atoms with Crippen LogP contribution in [0, 0.1) is 12.8 Å². The molecule has 1 aromatic rings. The van der Waals surface area contributed by atoms with Crippen molar-refractivity contribution in [3.05, 3.63) is 5.82 Å². The van der Waals surface area contributed by atoms with Crippen LogP contribution in [0.3, 0.4) is 0 Å². The van der Waals surface area contributed by atoms with E-state index in [1.165, 1.54) is 18.0 Å². The van der Waals surface area contributed by atoms with E-state index in [1.54, 1.807) is 0 Å². The van der Waals surface area contributed by atoms with Crippen molar-refractivity contribution in [1.29, 1.82) is 0 Å². The fourth-order valence-corrected chi connectivity index (χ4v) is 3.73. The third-order valence-corrected chi connectivity index (χ3v) is 5.22. The van der Waals surface area contributed by atoms with Crippen LogP contribution >= 0.6 is 11.5 Å². The van der Waals surface area contributed by atoms with Crippen LogP contribution in [-0.4, -0.2) is 59.4 Å². The van der Waals surface area contributed by atoms with E-state index in [0.29, 0.717) is 18.2 Å². The van der Waals surface area contributed by atoms with Crippen molar-refractivity contribution in [2.24, 2.45) is 5.92 Å². The Morgan fingerprint density at radius 2 is 2.19 bits per heavy atom. The van der Waals surface area contributed by atoms with Gasteiger partial charge in [0.1, 0.15) is 5.82 Å². The summed E-state index contributed by atoms with van der Waals surface area (Å²) in [6.45, 7) is 7.45. The lowest BCUT2D eigenvalue weighted by atomic mass is 10.0. The third-order valence-electron chi connectivity index (χ3n) is 4.35. The van der Waals surface area contributed by atoms with E-state index in [9.17, 15) is 4.79 Å². The molecule has 2 fully saturated rings. The molecule has 1 amide bonds. The lowest BCUT2D eigenvalue weighted by molar-refractivity contribution is -0.131. The standard InChI is InChI=1S/C14H23N5OS/c1-11-16-14(21-17-11)19-8-6-18(7-9-19)13(20)3-2-12-4-5-15-10-12/h12,15H,2-10H2,1H3. The largest absolute Gasteiger partial charge is 0.343 e. The zero-order valence-electron chi connectivity index (χ0n) is 12.5. The van der Waals surface area contributed by atoms with E-state index in [2.05, 4.69) is 19.6 Å². The minimum atomic E-state index is 0.315. The molecule has 0 saturated carbocycles. The van der Waals surface area contributed by atoms with Crippen LogP contribution in [0.4, 0.5) is 5.13 Å². The van der Waals surface area contributed by atoms with E-state index in [0.717, 1.165) is 56.6 Å². The van der Waals surface area contributed by atoms with Gasteiger partial charge in [0.25, 0.3) is 0 Å². The van der Waals surface area contributed by atoms with Crippen molar-refractivity contribution >= 4 is 22.6 Å². The highest BCUT2D eigenvalue weighted by Crippen LogP contribution is 2.20. The number of rotatable bonds is 4. The van der Waals surface area contributed by atoms with E-state index < -0.39 is 0 Å². The Labute approximate surface area is 129 Å². The fourth-order valence-electron chi connectivity index (χ4n) is 3.01. The van der Waals surface area contributed by atoms with Gasteiger partial charge < -0.3 is 15.1 Å². The Kier molecular flexibility index (Phi) is 4.70. The van der Waals surface area contributed by atoms with E-state index in [4.69, 9.17) is 0 Å². The monoisotopic (exact) mass is 309 g/mol. The first-order valence-electron chi connectivity index (χ1n) is 7.76. The van der Waals surface area contributed by atoms with Crippen LogP contribution in [0.15, 0.2) is 0 Å². The Morgan fingerprint density at radius 3 is 2.81 bits per heavy atom. The average molecular weight is 309 g/mol. The molecule has 1 atom stereocenters. The number of hydrogen-bond donors (Lipinski definition) is 1. The molecule has 3 heterocycles. The van der Waals surface area contributed by atoms with Crippen LogP contribution in [0.25, 0.3) is 0 Å². The average Bonchev–Trinajstić information content (AvgIpc) is 3.16.